The highest BCUT2D eigenvalue weighted by Crippen LogP contribution is 2.27. The molecule has 20 heteroatoms. The molecule has 0 unspecified atom stereocenters. The zero-order chi connectivity index (χ0) is 58.3. The summed E-state index contributed by atoms with van der Waals surface area (Å²) in [4.78, 5) is 64.5. The number of rotatable bonds is 9. The second kappa shape index (κ2) is 32.4. The highest BCUT2D eigenvalue weighted by Gasteiger charge is 2.27. The number of nitrogens with zero attached hydrogens (tertiary/aromatic N) is 12. The molecule has 10 heterocycles. The van der Waals surface area contributed by atoms with E-state index in [4.69, 9.17) is 46.4 Å². The zero-order valence-corrected chi connectivity index (χ0v) is 50.7. The predicted octanol–water partition coefficient (Wildman–Crippen LogP) is 11.0. The van der Waals surface area contributed by atoms with Gasteiger partial charge in [0.1, 0.15) is 28.2 Å². The molecule has 16 nitrogen and oxygen atoms in total. The molecule has 0 bridgehead atoms. The molecule has 83 heavy (non-hydrogen) atoms. The number of benzene rings is 2. The van der Waals surface area contributed by atoms with Gasteiger partial charge in [0.25, 0.3) is 11.8 Å². The first-order chi connectivity index (χ1) is 40.4. The number of pyridine rings is 3. The summed E-state index contributed by atoms with van der Waals surface area (Å²) < 4.78 is 3.70. The molecule has 0 saturated carbocycles. The van der Waals surface area contributed by atoms with Gasteiger partial charge in [-0.2, -0.15) is 0 Å². The summed E-state index contributed by atoms with van der Waals surface area (Å²) in [7, 11) is 3.76. The number of aryl methyl sites for hydroxylation is 2. The Kier molecular flexibility index (Phi) is 24.4. The van der Waals surface area contributed by atoms with Crippen LogP contribution in [-0.4, -0.2) is 162 Å². The van der Waals surface area contributed by atoms with Gasteiger partial charge in [-0.25, -0.2) is 15.0 Å². The van der Waals surface area contributed by atoms with Crippen LogP contribution >= 0.6 is 46.4 Å². The van der Waals surface area contributed by atoms with Crippen molar-refractivity contribution in [2.24, 2.45) is 14.1 Å². The van der Waals surface area contributed by atoms with Crippen LogP contribution in [0.25, 0.3) is 0 Å². The van der Waals surface area contributed by atoms with Crippen LogP contribution < -0.4 is 24.9 Å². The van der Waals surface area contributed by atoms with Gasteiger partial charge >= 0.3 is 0 Å². The van der Waals surface area contributed by atoms with E-state index in [2.05, 4.69) is 93.4 Å². The minimum atomic E-state index is -0.0108. The Morgan fingerprint density at radius 3 is 1.35 bits per heavy atom. The summed E-state index contributed by atoms with van der Waals surface area (Å²) in [6.07, 6.45) is 17.8. The molecular formula is C63H77Cl4N13O3. The summed E-state index contributed by atoms with van der Waals surface area (Å²) in [5.41, 5.74) is 5.46. The van der Waals surface area contributed by atoms with Crippen LogP contribution in [0.5, 0.6) is 0 Å². The molecule has 0 radical (unpaired) electrons. The van der Waals surface area contributed by atoms with Crippen molar-refractivity contribution in [3.8, 4) is 0 Å². The van der Waals surface area contributed by atoms with Crippen molar-refractivity contribution in [1.82, 2.24) is 44.1 Å². The number of anilines is 4. The largest absolute Gasteiger partial charge is 0.368 e. The van der Waals surface area contributed by atoms with Crippen molar-refractivity contribution in [3.63, 3.8) is 0 Å². The van der Waals surface area contributed by atoms with Gasteiger partial charge in [0.05, 0.1) is 15.1 Å². The number of nitrogens with one attached hydrogen (secondary N) is 1. The molecule has 2 aromatic carbocycles. The molecule has 12 rings (SSSR count). The van der Waals surface area contributed by atoms with Crippen molar-refractivity contribution >= 4 is 87.5 Å². The summed E-state index contributed by atoms with van der Waals surface area (Å²) in [5.74, 6) is 1.92. The van der Waals surface area contributed by atoms with E-state index in [1.165, 1.54) is 68.6 Å². The monoisotopic (exact) mass is 1200 g/mol. The number of carbonyl (C=O) groups excluding carboxylic acids is 3. The number of piperazine rings is 3. The van der Waals surface area contributed by atoms with Gasteiger partial charge in [-0.15, -0.1) is 0 Å². The molecule has 1 N–H and O–H groups in total. The van der Waals surface area contributed by atoms with Crippen LogP contribution in [0.15, 0.2) is 140 Å². The van der Waals surface area contributed by atoms with Crippen molar-refractivity contribution in [2.45, 2.75) is 45.1 Å². The maximum atomic E-state index is 13.2. The highest BCUT2D eigenvalue weighted by molar-refractivity contribution is 6.41. The van der Waals surface area contributed by atoms with E-state index >= 15 is 0 Å². The van der Waals surface area contributed by atoms with E-state index in [9.17, 15) is 14.4 Å². The third-order valence-electron chi connectivity index (χ3n) is 15.2. The van der Waals surface area contributed by atoms with Gasteiger partial charge in [-0.3, -0.25) is 19.3 Å². The Hall–Kier alpha value is -6.66. The lowest BCUT2D eigenvalue weighted by Gasteiger charge is -2.36. The third-order valence-corrected chi connectivity index (χ3v) is 16.5. The van der Waals surface area contributed by atoms with Gasteiger partial charge in [-0.05, 0) is 124 Å². The molecule has 5 saturated heterocycles. The Bertz CT molecular complexity index is 3060. The number of halogens is 4. The fourth-order valence-electron chi connectivity index (χ4n) is 10.6. The predicted molar refractivity (Wildman–Crippen MR) is 338 cm³/mol. The van der Waals surface area contributed by atoms with E-state index in [1.54, 1.807) is 54.6 Å². The molecule has 5 aromatic heterocycles. The molecule has 7 aromatic rings. The van der Waals surface area contributed by atoms with E-state index in [-0.39, 0.29) is 11.8 Å². The molecule has 0 spiro atoms. The lowest BCUT2D eigenvalue weighted by atomic mass is 10.1. The van der Waals surface area contributed by atoms with Crippen LogP contribution in [0.2, 0.25) is 20.2 Å². The molecule has 0 aliphatic carbocycles. The van der Waals surface area contributed by atoms with Gasteiger partial charge in [0, 0.05) is 160 Å². The van der Waals surface area contributed by atoms with Gasteiger partial charge in [-0.1, -0.05) is 89.2 Å². The number of para-hydroxylation sites is 2. The fraction of sp³-hybridized carbons (Fsp3) is 0.397. The lowest BCUT2D eigenvalue weighted by Crippen LogP contribution is -2.49. The SMILES string of the molecule is C1CCNCC1.Clc1cccnc1Cl.Clc1cccnc1N1CCCCC1.Cn1cc(C=O)cc1C(=O)N1CCN(c2ccccc2)CC1.Cn1cc(CN2CCN(c3ncccc3Cl)CC2)cc1C(=O)N1CCN(c2ccccc2)CC1. The number of carbonyl (C=O) groups is 3. The van der Waals surface area contributed by atoms with Crippen molar-refractivity contribution in [3.05, 3.63) is 183 Å². The normalized spacial score (nSPS) is 16.4. The van der Waals surface area contributed by atoms with Crippen molar-refractivity contribution in [2.75, 3.05) is 124 Å². The van der Waals surface area contributed by atoms with Crippen LogP contribution in [0, 0.1) is 0 Å². The number of hydrogen-bond donors (Lipinski definition) is 1. The Morgan fingerprint density at radius 1 is 0.482 bits per heavy atom. The van der Waals surface area contributed by atoms with E-state index in [0.717, 1.165) is 114 Å². The Balaban J connectivity index is 0.000000155. The molecule has 440 valence electrons. The quantitative estimate of drug-likeness (QED) is 0.109. The standard InChI is InChI=1S/C26H31ClN6O.C17H19N3O2.C10H13ClN2.C5H3Cl2N.C5H11N/c1-29-19-21(20-30-10-12-32(13-11-30)25-23(27)8-5-9-28-25)18-24(29)26(34)33-16-14-31(15-17-33)22-6-3-2-4-7-22;1-18-12-14(13-21)11-16(18)17(22)20-9-7-19(8-10-20)15-5-3-2-4-6-15;11-9-5-4-6-12-10(9)13-7-2-1-3-8-13;6-4-2-1-3-8-5(4)7;1-2-4-6-5-3-1/h2-9,18-19H,10-17,20H2,1H3;2-6,11-13H,7-10H2,1H3;4-6H,1-3,7-8H2;1-3H;6H,1-5H2. The smallest absolute Gasteiger partial charge is 0.270 e. The average molecular weight is 1210 g/mol. The average Bonchev–Trinajstić information content (AvgIpc) is 4.36. The van der Waals surface area contributed by atoms with Gasteiger partial charge in [0.15, 0.2) is 6.29 Å². The summed E-state index contributed by atoms with van der Waals surface area (Å²) in [6.45, 7) is 15.4. The topological polar surface area (TPSA) is 134 Å². The maximum Gasteiger partial charge on any atom is 0.270 e. The van der Waals surface area contributed by atoms with Crippen LogP contribution in [0.3, 0.4) is 0 Å². The summed E-state index contributed by atoms with van der Waals surface area (Å²) in [6, 6.07) is 35.3. The second-order valence-electron chi connectivity index (χ2n) is 21.0. The minimum absolute atomic E-state index is 0.0108. The van der Waals surface area contributed by atoms with E-state index in [1.807, 2.05) is 69.9 Å². The van der Waals surface area contributed by atoms with Crippen LogP contribution in [-0.2, 0) is 20.6 Å². The number of piperidine rings is 2. The third kappa shape index (κ3) is 18.4. The van der Waals surface area contributed by atoms with Crippen molar-refractivity contribution < 1.29 is 14.4 Å². The molecule has 5 aliphatic rings. The Labute approximate surface area is 509 Å². The second-order valence-corrected chi connectivity index (χ2v) is 22.6. The lowest BCUT2D eigenvalue weighted by molar-refractivity contribution is 0.0729. The van der Waals surface area contributed by atoms with Crippen LogP contribution in [0.1, 0.15) is 75.4 Å². The maximum absolute atomic E-state index is 13.2. The first kappa shape index (κ1) is 62.4. The molecular weight excluding hydrogens is 1130 g/mol. The fourth-order valence-corrected chi connectivity index (χ4v) is 11.3. The molecule has 0 atom stereocenters. The number of amides is 2. The first-order valence-corrected chi connectivity index (χ1v) is 30.3. The highest BCUT2D eigenvalue weighted by atomic mass is 35.5. The minimum Gasteiger partial charge on any atom is -0.368 e. The summed E-state index contributed by atoms with van der Waals surface area (Å²) >= 11 is 23.4. The van der Waals surface area contributed by atoms with E-state index < -0.39 is 0 Å². The van der Waals surface area contributed by atoms with Gasteiger partial charge < -0.3 is 43.9 Å². The first-order valence-electron chi connectivity index (χ1n) is 28.8. The molecule has 5 fully saturated rings. The van der Waals surface area contributed by atoms with Gasteiger partial charge in [0.2, 0.25) is 0 Å². The van der Waals surface area contributed by atoms with E-state index in [0.29, 0.717) is 39.5 Å². The molecule has 2 amide bonds. The summed E-state index contributed by atoms with van der Waals surface area (Å²) in [5, 5.41) is 5.60. The number of aldehydes is 1. The van der Waals surface area contributed by atoms with Crippen LogP contribution in [0.4, 0.5) is 23.0 Å². The Morgan fingerprint density at radius 2 is 0.928 bits per heavy atom. The number of hydrogen-bond acceptors (Lipinski definition) is 12. The zero-order valence-electron chi connectivity index (χ0n) is 47.7. The number of aromatic nitrogens is 5. The molecule has 5 aliphatic heterocycles. The van der Waals surface area contributed by atoms with Crippen molar-refractivity contribution in [1.29, 1.82) is 0 Å².